The van der Waals surface area contributed by atoms with Gasteiger partial charge in [0.15, 0.2) is 8.32 Å². The summed E-state index contributed by atoms with van der Waals surface area (Å²) in [6.07, 6.45) is 7.22. The molecule has 2 bridgehead atoms. The monoisotopic (exact) mass is 755 g/mol. The van der Waals surface area contributed by atoms with Crippen molar-refractivity contribution in [1.82, 2.24) is 0 Å². The molecule has 1 saturated heterocycles. The van der Waals surface area contributed by atoms with Gasteiger partial charge in [-0.05, 0) is 104 Å². The van der Waals surface area contributed by atoms with E-state index in [0.29, 0.717) is 29.8 Å². The van der Waals surface area contributed by atoms with Gasteiger partial charge in [0.1, 0.15) is 18.0 Å². The Labute approximate surface area is 320 Å². The molecule has 1 unspecified atom stereocenters. The smallest absolute Gasteiger partial charge is 0.303 e. The maximum absolute atomic E-state index is 12.7. The van der Waals surface area contributed by atoms with Crippen LogP contribution in [0, 0.1) is 23.7 Å². The van der Waals surface area contributed by atoms with Crippen LogP contribution < -0.4 is 0 Å². The predicted molar refractivity (Wildman–Crippen MR) is 219 cm³/mol. The molecule has 0 amide bonds. The standard InChI is InChI=1S/C44H74O6Si2/c1-15-51(16-2,17-3)50-44(14)25-21-24-36(29-47-52(30(4)5,31(6)7)32(8)9)27-37-39-33(10)26-38(46-28-35-22-19-18-20-23-35)41(40(39)42(44)48-37)43(12,13)49-34(11)45/h18-20,22-24,26,30-33,37,39-42H,15-17,21,25,27-29H2,1-14H3/b36-24+/t33?,37-,39-,40+,41+,42-,44-/m1/s1. The van der Waals surface area contributed by atoms with Crippen LogP contribution in [-0.4, -0.2) is 52.6 Å². The van der Waals surface area contributed by atoms with Crippen LogP contribution in [0.1, 0.15) is 122 Å². The first-order valence-corrected chi connectivity index (χ1v) is 25.3. The summed E-state index contributed by atoms with van der Waals surface area (Å²) in [5.74, 6) is 0.848. The molecule has 4 rings (SSSR count). The van der Waals surface area contributed by atoms with Gasteiger partial charge < -0.3 is 23.1 Å². The van der Waals surface area contributed by atoms with Crippen molar-refractivity contribution in [3.8, 4) is 0 Å². The molecule has 1 aromatic rings. The van der Waals surface area contributed by atoms with Gasteiger partial charge in [-0.1, -0.05) is 106 Å². The molecule has 294 valence electrons. The van der Waals surface area contributed by atoms with Gasteiger partial charge in [0.25, 0.3) is 0 Å². The van der Waals surface area contributed by atoms with Crippen LogP contribution in [0.5, 0.6) is 0 Å². The van der Waals surface area contributed by atoms with Crippen LogP contribution in [0.3, 0.4) is 0 Å². The van der Waals surface area contributed by atoms with Gasteiger partial charge in [-0.15, -0.1) is 0 Å². The average molecular weight is 755 g/mol. The second-order valence-corrected chi connectivity index (χ2v) is 28.1. The van der Waals surface area contributed by atoms with Crippen LogP contribution in [-0.2, 0) is 34.5 Å². The maximum atomic E-state index is 12.7. The molecule has 0 radical (unpaired) electrons. The lowest BCUT2D eigenvalue weighted by atomic mass is 9.60. The van der Waals surface area contributed by atoms with E-state index in [1.54, 1.807) is 0 Å². The van der Waals surface area contributed by atoms with Crippen LogP contribution in [0.4, 0.5) is 0 Å². The van der Waals surface area contributed by atoms with Crippen molar-refractivity contribution in [1.29, 1.82) is 0 Å². The summed E-state index contributed by atoms with van der Waals surface area (Å²) in [5.41, 5.74) is 2.70. The quantitative estimate of drug-likeness (QED) is 0.0951. The van der Waals surface area contributed by atoms with E-state index in [-0.39, 0.29) is 41.8 Å². The van der Waals surface area contributed by atoms with Crippen LogP contribution in [0.2, 0.25) is 34.8 Å². The number of hydrogen-bond donors (Lipinski definition) is 0. The summed E-state index contributed by atoms with van der Waals surface area (Å²) in [7, 11) is -4.13. The fourth-order valence-electron chi connectivity index (χ4n) is 10.9. The number of rotatable bonds is 16. The van der Waals surface area contributed by atoms with E-state index in [4.69, 9.17) is 23.1 Å². The SMILES string of the molecule is CC[Si](CC)(CC)O[C@]1(C)CC/C=C(/CO[Si](C(C)C)(C(C)C)C(C)C)C[C@H]2O[C@@H]1[C@H]1[C@@H]2C(C)C=C(OCc2ccccc2)[C@@H]1C(C)(C)OC(C)=O. The highest BCUT2D eigenvalue weighted by molar-refractivity contribution is 6.77. The predicted octanol–water partition coefficient (Wildman–Crippen LogP) is 11.8. The van der Waals surface area contributed by atoms with E-state index < -0.39 is 27.8 Å². The summed E-state index contributed by atoms with van der Waals surface area (Å²) in [5, 5.41) is 0. The molecule has 0 saturated carbocycles. The van der Waals surface area contributed by atoms with E-state index in [0.717, 1.165) is 48.7 Å². The number of fused-ring (bicyclic) bond motifs is 5. The van der Waals surface area contributed by atoms with E-state index in [1.807, 2.05) is 6.07 Å². The molecule has 0 N–H and O–H groups in total. The zero-order valence-electron chi connectivity index (χ0n) is 35.3. The summed E-state index contributed by atoms with van der Waals surface area (Å²) in [6, 6.07) is 13.6. The van der Waals surface area contributed by atoms with Gasteiger partial charge in [0.2, 0.25) is 8.32 Å². The zero-order valence-corrected chi connectivity index (χ0v) is 37.3. The second kappa shape index (κ2) is 17.4. The number of benzene rings is 1. The van der Waals surface area contributed by atoms with Gasteiger partial charge in [-0.2, -0.15) is 0 Å². The number of allylic oxidation sites excluding steroid dienone is 2. The normalized spacial score (nSPS) is 29.6. The van der Waals surface area contributed by atoms with Crippen LogP contribution >= 0.6 is 0 Å². The third-order valence-electron chi connectivity index (χ3n) is 13.4. The summed E-state index contributed by atoms with van der Waals surface area (Å²) in [6.45, 7) is 32.6. The minimum absolute atomic E-state index is 0.0161. The summed E-state index contributed by atoms with van der Waals surface area (Å²) >= 11 is 0. The van der Waals surface area contributed by atoms with Gasteiger partial charge in [0, 0.05) is 12.8 Å². The number of carbonyl (C=O) groups excluding carboxylic acids is 1. The molecule has 1 aliphatic carbocycles. The van der Waals surface area contributed by atoms with Crippen molar-refractivity contribution in [2.45, 2.75) is 181 Å². The summed E-state index contributed by atoms with van der Waals surface area (Å²) in [4.78, 5) is 12.7. The Hall–Kier alpha value is -1.72. The molecule has 2 heterocycles. The van der Waals surface area contributed by atoms with Gasteiger partial charge in [0.05, 0.1) is 30.3 Å². The van der Waals surface area contributed by atoms with E-state index >= 15 is 0 Å². The highest BCUT2D eigenvalue weighted by Crippen LogP contribution is 2.58. The molecule has 0 aromatic heterocycles. The minimum Gasteiger partial charge on any atom is -0.493 e. The topological polar surface area (TPSA) is 63.2 Å². The van der Waals surface area contributed by atoms with E-state index in [1.165, 1.54) is 12.5 Å². The first-order valence-electron chi connectivity index (χ1n) is 20.7. The van der Waals surface area contributed by atoms with Crippen molar-refractivity contribution >= 4 is 22.6 Å². The van der Waals surface area contributed by atoms with E-state index in [2.05, 4.69) is 126 Å². The maximum Gasteiger partial charge on any atom is 0.303 e. The molecular weight excluding hydrogens is 681 g/mol. The first-order chi connectivity index (χ1) is 24.4. The molecule has 52 heavy (non-hydrogen) atoms. The lowest BCUT2D eigenvalue weighted by Crippen LogP contribution is -2.58. The Bertz CT molecular complexity index is 1350. The van der Waals surface area contributed by atoms with Crippen molar-refractivity contribution in [3.63, 3.8) is 0 Å². The van der Waals surface area contributed by atoms with Gasteiger partial charge >= 0.3 is 5.97 Å². The molecule has 7 atom stereocenters. The number of esters is 1. The first kappa shape index (κ1) is 43.0. The molecule has 1 aromatic carbocycles. The summed E-state index contributed by atoms with van der Waals surface area (Å²) < 4.78 is 35.5. The minimum atomic E-state index is -2.07. The highest BCUT2D eigenvalue weighted by atomic mass is 28.4. The number of ether oxygens (including phenoxy) is 3. The number of carbonyl (C=O) groups is 1. The highest BCUT2D eigenvalue weighted by Gasteiger charge is 2.63. The lowest BCUT2D eigenvalue weighted by molar-refractivity contribution is -0.167. The Morgan fingerprint density at radius 2 is 1.54 bits per heavy atom. The molecule has 2 aliphatic heterocycles. The molecular formula is C44H74O6Si2. The lowest BCUT2D eigenvalue weighted by Gasteiger charge is -2.50. The third kappa shape index (κ3) is 8.88. The van der Waals surface area contributed by atoms with Crippen LogP contribution in [0.25, 0.3) is 0 Å². The Kier molecular flexibility index (Phi) is 14.4. The van der Waals surface area contributed by atoms with Crippen molar-refractivity contribution < 1.29 is 27.9 Å². The van der Waals surface area contributed by atoms with Crippen molar-refractivity contribution in [3.05, 3.63) is 59.4 Å². The van der Waals surface area contributed by atoms with Gasteiger partial charge in [-0.3, -0.25) is 4.79 Å². The third-order valence-corrected chi connectivity index (χ3v) is 24.2. The molecule has 3 aliphatic rings. The number of hydrogen-bond acceptors (Lipinski definition) is 6. The Balaban J connectivity index is 1.85. The Morgan fingerprint density at radius 3 is 2.08 bits per heavy atom. The molecule has 1 fully saturated rings. The Morgan fingerprint density at radius 1 is 0.942 bits per heavy atom. The van der Waals surface area contributed by atoms with Crippen molar-refractivity contribution in [2.24, 2.45) is 23.7 Å². The molecule has 0 spiro atoms. The zero-order chi connectivity index (χ0) is 38.6. The van der Waals surface area contributed by atoms with Gasteiger partial charge in [-0.25, -0.2) is 0 Å². The molecule has 8 heteroatoms. The molecule has 6 nitrogen and oxygen atoms in total. The second-order valence-electron chi connectivity index (χ2n) is 18.0. The van der Waals surface area contributed by atoms with Crippen LogP contribution in [0.15, 0.2) is 53.8 Å². The fraction of sp³-hybridized carbons (Fsp3) is 0.750. The largest absolute Gasteiger partial charge is 0.493 e. The van der Waals surface area contributed by atoms with E-state index in [9.17, 15) is 4.79 Å². The van der Waals surface area contributed by atoms with Crippen molar-refractivity contribution in [2.75, 3.05) is 6.61 Å². The fourth-order valence-corrected chi connectivity index (χ4v) is 19.5. The average Bonchev–Trinajstić information content (AvgIpc) is 3.47.